The fraction of sp³-hybridized carbons (Fsp3) is 0.350. The number of amides is 1. The summed E-state index contributed by atoms with van der Waals surface area (Å²) in [5.74, 6) is -0.164. The van der Waals surface area contributed by atoms with Crippen LogP contribution in [0, 0.1) is 6.92 Å². The zero-order chi connectivity index (χ0) is 18.0. The van der Waals surface area contributed by atoms with Gasteiger partial charge in [-0.15, -0.1) is 0 Å². The van der Waals surface area contributed by atoms with Crippen molar-refractivity contribution in [3.63, 3.8) is 0 Å². The zero-order valence-corrected chi connectivity index (χ0v) is 15.4. The van der Waals surface area contributed by atoms with Crippen molar-refractivity contribution in [2.45, 2.75) is 39.2 Å². The summed E-state index contributed by atoms with van der Waals surface area (Å²) in [5, 5.41) is 3.39. The lowest BCUT2D eigenvalue weighted by Crippen LogP contribution is -2.37. The molecule has 3 rings (SSSR count). The quantitative estimate of drug-likeness (QED) is 0.771. The van der Waals surface area contributed by atoms with E-state index < -0.39 is 0 Å². The van der Waals surface area contributed by atoms with E-state index in [-0.39, 0.29) is 5.91 Å². The minimum Gasteiger partial charge on any atom is -0.397 e. The molecule has 0 unspecified atom stereocenters. The molecule has 0 saturated carbocycles. The van der Waals surface area contributed by atoms with Crippen molar-refractivity contribution in [1.29, 1.82) is 0 Å². The first-order chi connectivity index (χ1) is 12.0. The van der Waals surface area contributed by atoms with Gasteiger partial charge >= 0.3 is 0 Å². The summed E-state index contributed by atoms with van der Waals surface area (Å²) in [6.07, 6.45) is 3.53. The number of hydrogen-bond acceptors (Lipinski definition) is 3. The van der Waals surface area contributed by atoms with E-state index in [9.17, 15) is 4.79 Å². The Morgan fingerprint density at radius 1 is 1.28 bits per heavy atom. The highest BCUT2D eigenvalue weighted by atomic mass is 35.5. The summed E-state index contributed by atoms with van der Waals surface area (Å²) < 4.78 is 0. The van der Waals surface area contributed by atoms with Gasteiger partial charge in [0.15, 0.2) is 0 Å². The third-order valence-electron chi connectivity index (χ3n) is 4.87. The number of nitrogens with two attached hydrogens (primary N) is 1. The Morgan fingerprint density at radius 2 is 2.04 bits per heavy atom. The Balaban J connectivity index is 1.90. The van der Waals surface area contributed by atoms with E-state index in [4.69, 9.17) is 17.3 Å². The van der Waals surface area contributed by atoms with Crippen LogP contribution < -0.4 is 16.0 Å². The Bertz CT molecular complexity index is 791. The minimum atomic E-state index is -0.164. The van der Waals surface area contributed by atoms with Crippen LogP contribution in [0.15, 0.2) is 36.4 Å². The molecule has 1 aliphatic rings. The van der Waals surface area contributed by atoms with Crippen molar-refractivity contribution in [3.8, 4) is 0 Å². The second-order valence-electron chi connectivity index (χ2n) is 6.70. The molecule has 5 heteroatoms. The highest BCUT2D eigenvalue weighted by Crippen LogP contribution is 2.36. The highest BCUT2D eigenvalue weighted by Gasteiger charge is 2.22. The van der Waals surface area contributed by atoms with Crippen LogP contribution in [-0.2, 0) is 0 Å². The van der Waals surface area contributed by atoms with Crippen molar-refractivity contribution < 1.29 is 4.79 Å². The maximum absolute atomic E-state index is 12.6. The molecular weight excluding hydrogens is 334 g/mol. The number of piperidine rings is 1. The summed E-state index contributed by atoms with van der Waals surface area (Å²) in [5.41, 5.74) is 9.96. The van der Waals surface area contributed by atoms with Gasteiger partial charge in [0.25, 0.3) is 5.91 Å². The maximum Gasteiger partial charge on any atom is 0.255 e. The van der Waals surface area contributed by atoms with E-state index in [1.807, 2.05) is 37.3 Å². The number of benzene rings is 2. The molecule has 1 fully saturated rings. The first kappa shape index (κ1) is 17.6. The predicted octanol–water partition coefficient (Wildman–Crippen LogP) is 4.86. The smallest absolute Gasteiger partial charge is 0.255 e. The molecule has 25 heavy (non-hydrogen) atoms. The van der Waals surface area contributed by atoms with Gasteiger partial charge in [0.05, 0.1) is 22.1 Å². The molecule has 2 aromatic rings. The van der Waals surface area contributed by atoms with Crippen LogP contribution in [0.3, 0.4) is 0 Å². The number of halogens is 1. The molecule has 1 saturated heterocycles. The largest absolute Gasteiger partial charge is 0.397 e. The molecule has 4 nitrogen and oxygen atoms in total. The van der Waals surface area contributed by atoms with E-state index in [0.29, 0.717) is 28.0 Å². The standard InChI is InChI=1S/C20H24ClN3O/c1-13-7-3-4-9-15(13)20(25)23-18-12-19(17(22)11-16(18)21)24-10-6-5-8-14(24)2/h3-4,7,9,11-12,14H,5-6,8,10,22H2,1-2H3,(H,23,25)/t14-/m1/s1. The molecule has 132 valence electrons. The summed E-state index contributed by atoms with van der Waals surface area (Å²) in [4.78, 5) is 14.9. The number of carbonyl (C=O) groups is 1. The average molecular weight is 358 g/mol. The summed E-state index contributed by atoms with van der Waals surface area (Å²) >= 11 is 6.33. The van der Waals surface area contributed by atoms with Crippen LogP contribution in [-0.4, -0.2) is 18.5 Å². The average Bonchev–Trinajstić information content (AvgIpc) is 2.58. The Kier molecular flexibility index (Phi) is 5.19. The molecule has 0 bridgehead atoms. The Labute approximate surface area is 154 Å². The van der Waals surface area contributed by atoms with Gasteiger partial charge in [-0.25, -0.2) is 0 Å². The van der Waals surface area contributed by atoms with Crippen molar-refractivity contribution in [2.24, 2.45) is 0 Å². The second-order valence-corrected chi connectivity index (χ2v) is 7.11. The van der Waals surface area contributed by atoms with Gasteiger partial charge < -0.3 is 16.0 Å². The van der Waals surface area contributed by atoms with Crippen LogP contribution in [0.5, 0.6) is 0 Å². The maximum atomic E-state index is 12.6. The van der Waals surface area contributed by atoms with E-state index in [1.165, 1.54) is 6.42 Å². The summed E-state index contributed by atoms with van der Waals surface area (Å²) in [6.45, 7) is 5.09. The van der Waals surface area contributed by atoms with Gasteiger partial charge in [0.2, 0.25) is 0 Å². The Hall–Kier alpha value is -2.20. The molecule has 0 spiro atoms. The molecule has 1 heterocycles. The highest BCUT2D eigenvalue weighted by molar-refractivity contribution is 6.34. The molecule has 1 aliphatic heterocycles. The van der Waals surface area contributed by atoms with Crippen molar-refractivity contribution in [3.05, 3.63) is 52.5 Å². The molecule has 1 amide bonds. The number of nitrogens with zero attached hydrogens (tertiary/aromatic N) is 1. The van der Waals surface area contributed by atoms with Crippen molar-refractivity contribution in [2.75, 3.05) is 22.5 Å². The third-order valence-corrected chi connectivity index (χ3v) is 5.18. The first-order valence-electron chi connectivity index (χ1n) is 8.70. The van der Waals surface area contributed by atoms with Crippen LogP contribution in [0.4, 0.5) is 17.1 Å². The molecular formula is C20H24ClN3O. The lowest BCUT2D eigenvalue weighted by molar-refractivity contribution is 0.102. The number of rotatable bonds is 3. The summed E-state index contributed by atoms with van der Waals surface area (Å²) in [6, 6.07) is 11.5. The molecule has 0 radical (unpaired) electrons. The topological polar surface area (TPSA) is 58.4 Å². The minimum absolute atomic E-state index is 0.164. The predicted molar refractivity (Wildman–Crippen MR) is 106 cm³/mol. The number of aryl methyl sites for hydroxylation is 1. The van der Waals surface area contributed by atoms with Gasteiger partial charge in [0.1, 0.15) is 0 Å². The summed E-state index contributed by atoms with van der Waals surface area (Å²) in [7, 11) is 0. The zero-order valence-electron chi connectivity index (χ0n) is 14.7. The number of nitrogen functional groups attached to an aromatic ring is 1. The van der Waals surface area contributed by atoms with Crippen molar-refractivity contribution >= 4 is 34.6 Å². The van der Waals surface area contributed by atoms with Gasteiger partial charge in [-0.3, -0.25) is 4.79 Å². The number of hydrogen-bond donors (Lipinski definition) is 2. The normalized spacial score (nSPS) is 17.4. The second kappa shape index (κ2) is 7.36. The number of nitrogens with one attached hydrogen (secondary N) is 1. The third kappa shape index (κ3) is 3.74. The molecule has 1 atom stereocenters. The molecule has 0 aliphatic carbocycles. The lowest BCUT2D eigenvalue weighted by atomic mass is 10.0. The first-order valence-corrected chi connectivity index (χ1v) is 9.08. The monoisotopic (exact) mass is 357 g/mol. The van der Waals surface area contributed by atoms with E-state index in [2.05, 4.69) is 17.1 Å². The van der Waals surface area contributed by atoms with E-state index in [0.717, 1.165) is 30.6 Å². The van der Waals surface area contributed by atoms with E-state index >= 15 is 0 Å². The van der Waals surface area contributed by atoms with E-state index in [1.54, 1.807) is 6.07 Å². The SMILES string of the molecule is Cc1ccccc1C(=O)Nc1cc(N2CCCC[C@H]2C)c(N)cc1Cl. The Morgan fingerprint density at radius 3 is 2.76 bits per heavy atom. The molecule has 3 N–H and O–H groups in total. The van der Waals surface area contributed by atoms with Crippen LogP contribution in [0.2, 0.25) is 5.02 Å². The molecule has 0 aromatic heterocycles. The van der Waals surface area contributed by atoms with Crippen LogP contribution >= 0.6 is 11.6 Å². The fourth-order valence-electron chi connectivity index (χ4n) is 3.40. The fourth-order valence-corrected chi connectivity index (χ4v) is 3.61. The lowest BCUT2D eigenvalue weighted by Gasteiger charge is -2.36. The number of carbonyl (C=O) groups excluding carboxylic acids is 1. The van der Waals surface area contributed by atoms with Crippen molar-refractivity contribution in [1.82, 2.24) is 0 Å². The van der Waals surface area contributed by atoms with Crippen LogP contribution in [0.25, 0.3) is 0 Å². The van der Waals surface area contributed by atoms with Crippen LogP contribution in [0.1, 0.15) is 42.1 Å². The van der Waals surface area contributed by atoms with Gasteiger partial charge in [0, 0.05) is 18.2 Å². The van der Waals surface area contributed by atoms with Gasteiger partial charge in [-0.05, 0) is 56.9 Å². The molecule has 2 aromatic carbocycles. The van der Waals surface area contributed by atoms with Gasteiger partial charge in [-0.2, -0.15) is 0 Å². The number of anilines is 3. The van der Waals surface area contributed by atoms with Gasteiger partial charge in [-0.1, -0.05) is 29.8 Å².